The van der Waals surface area contributed by atoms with Crippen LogP contribution in [0, 0.1) is 0 Å². The number of methoxy groups -OCH3 is 1. The summed E-state index contributed by atoms with van der Waals surface area (Å²) in [6.07, 6.45) is 13.8. The molecule has 15 heavy (non-hydrogen) atoms. The van der Waals surface area contributed by atoms with Crippen molar-refractivity contribution < 1.29 is 4.74 Å². The lowest BCUT2D eigenvalue weighted by molar-refractivity contribution is 0.262. The van der Waals surface area contributed by atoms with Crippen LogP contribution in [-0.4, -0.2) is 13.2 Å². The van der Waals surface area contributed by atoms with Gasteiger partial charge in [-0.1, -0.05) is 24.3 Å². The Hall–Kier alpha value is -1.28. The summed E-state index contributed by atoms with van der Waals surface area (Å²) in [5.41, 5.74) is 8.78. The molecular weight excluding hydrogens is 186 g/mol. The molecule has 1 atom stereocenters. The van der Waals surface area contributed by atoms with Crippen molar-refractivity contribution in [2.24, 2.45) is 5.73 Å². The number of ether oxygens (including phenoxy) is 1. The number of nitrogens with two attached hydrogens (primary N) is 1. The van der Waals surface area contributed by atoms with Crippen LogP contribution in [0.2, 0.25) is 0 Å². The summed E-state index contributed by atoms with van der Waals surface area (Å²) >= 11 is 0. The van der Waals surface area contributed by atoms with E-state index in [1.165, 1.54) is 11.1 Å². The molecule has 0 bridgehead atoms. The molecule has 0 heterocycles. The normalized spacial score (nSPS) is 25.5. The Bertz CT molecular complexity index is 361. The van der Waals surface area contributed by atoms with Crippen LogP contribution in [0.5, 0.6) is 0 Å². The van der Waals surface area contributed by atoms with Crippen LogP contribution < -0.4 is 5.73 Å². The predicted octanol–water partition coefficient (Wildman–Crippen LogP) is 2.45. The van der Waals surface area contributed by atoms with Gasteiger partial charge in [0, 0.05) is 0 Å². The Balaban J connectivity index is 2.18. The second kappa shape index (κ2) is 4.49. The minimum Gasteiger partial charge on any atom is -0.499 e. The van der Waals surface area contributed by atoms with Gasteiger partial charge in [-0.15, -0.1) is 0 Å². The van der Waals surface area contributed by atoms with Crippen molar-refractivity contribution in [2.75, 3.05) is 7.11 Å². The molecule has 2 rings (SSSR count). The summed E-state index contributed by atoms with van der Waals surface area (Å²) in [5.74, 6) is 0.880. The number of hydrogen-bond acceptors (Lipinski definition) is 2. The van der Waals surface area contributed by atoms with Crippen molar-refractivity contribution in [1.82, 2.24) is 0 Å². The van der Waals surface area contributed by atoms with Crippen LogP contribution >= 0.6 is 0 Å². The van der Waals surface area contributed by atoms with Gasteiger partial charge in [-0.25, -0.2) is 0 Å². The highest BCUT2D eigenvalue weighted by atomic mass is 16.5. The SMILES string of the molecule is COC1=CC=C(C2=CC=CCC2)CC1N. The third-order valence-electron chi connectivity index (χ3n) is 2.92. The van der Waals surface area contributed by atoms with Crippen LogP contribution in [0.15, 0.2) is 47.3 Å². The lowest BCUT2D eigenvalue weighted by Crippen LogP contribution is -2.26. The molecule has 0 saturated heterocycles. The van der Waals surface area contributed by atoms with E-state index in [0.717, 1.165) is 25.0 Å². The van der Waals surface area contributed by atoms with E-state index in [0.29, 0.717) is 0 Å². The largest absolute Gasteiger partial charge is 0.499 e. The average Bonchev–Trinajstić information content (AvgIpc) is 2.30. The molecule has 0 saturated carbocycles. The van der Waals surface area contributed by atoms with Crippen LogP contribution in [0.3, 0.4) is 0 Å². The predicted molar refractivity (Wildman–Crippen MR) is 62.2 cm³/mol. The van der Waals surface area contributed by atoms with Gasteiger partial charge >= 0.3 is 0 Å². The number of hydrogen-bond donors (Lipinski definition) is 1. The van der Waals surface area contributed by atoms with E-state index in [-0.39, 0.29) is 6.04 Å². The molecule has 0 radical (unpaired) electrons. The number of rotatable bonds is 2. The van der Waals surface area contributed by atoms with Gasteiger partial charge in [0.1, 0.15) is 5.76 Å². The van der Waals surface area contributed by atoms with Crippen molar-refractivity contribution in [3.63, 3.8) is 0 Å². The molecule has 0 amide bonds. The maximum absolute atomic E-state index is 6.01. The maximum atomic E-state index is 6.01. The Labute approximate surface area is 90.8 Å². The zero-order valence-corrected chi connectivity index (χ0v) is 9.07. The number of allylic oxidation sites excluding steroid dienone is 6. The second-order valence-electron chi connectivity index (χ2n) is 3.93. The summed E-state index contributed by atoms with van der Waals surface area (Å²) in [7, 11) is 1.67. The molecule has 1 unspecified atom stereocenters. The van der Waals surface area contributed by atoms with E-state index in [2.05, 4.69) is 24.3 Å². The highest BCUT2D eigenvalue weighted by molar-refractivity contribution is 5.42. The minimum atomic E-state index is 0.0156. The quantitative estimate of drug-likeness (QED) is 0.748. The zero-order valence-electron chi connectivity index (χ0n) is 9.07. The fraction of sp³-hybridized carbons (Fsp3) is 0.385. The van der Waals surface area contributed by atoms with Crippen LogP contribution in [0.25, 0.3) is 0 Å². The van der Waals surface area contributed by atoms with Crippen molar-refractivity contribution in [2.45, 2.75) is 25.3 Å². The van der Waals surface area contributed by atoms with E-state index in [1.54, 1.807) is 7.11 Å². The Morgan fingerprint density at radius 3 is 2.73 bits per heavy atom. The Kier molecular flexibility index (Phi) is 3.07. The van der Waals surface area contributed by atoms with E-state index in [9.17, 15) is 0 Å². The first kappa shape index (κ1) is 10.2. The first-order valence-corrected chi connectivity index (χ1v) is 5.37. The molecule has 2 aliphatic carbocycles. The standard InChI is InChI=1S/C13H17NO/c1-15-13-8-7-11(9-12(13)14)10-5-3-2-4-6-10/h2-3,5,7-8,12H,4,6,9,14H2,1H3. The third kappa shape index (κ3) is 2.21. The molecule has 2 N–H and O–H groups in total. The molecule has 0 spiro atoms. The fourth-order valence-electron chi connectivity index (χ4n) is 2.04. The molecule has 2 nitrogen and oxygen atoms in total. The summed E-state index contributed by atoms with van der Waals surface area (Å²) in [6.45, 7) is 0. The molecular formula is C13H17NO. The van der Waals surface area contributed by atoms with E-state index < -0.39 is 0 Å². The van der Waals surface area contributed by atoms with Gasteiger partial charge in [-0.3, -0.25) is 0 Å². The molecule has 2 aliphatic rings. The zero-order chi connectivity index (χ0) is 10.7. The summed E-state index contributed by atoms with van der Waals surface area (Å²) in [4.78, 5) is 0. The van der Waals surface area contributed by atoms with Crippen molar-refractivity contribution in [3.8, 4) is 0 Å². The van der Waals surface area contributed by atoms with E-state index >= 15 is 0 Å². The van der Waals surface area contributed by atoms with E-state index in [4.69, 9.17) is 10.5 Å². The highest BCUT2D eigenvalue weighted by Crippen LogP contribution is 2.28. The van der Waals surface area contributed by atoms with Gasteiger partial charge in [0.2, 0.25) is 0 Å². The van der Waals surface area contributed by atoms with Crippen molar-refractivity contribution in [3.05, 3.63) is 47.3 Å². The topological polar surface area (TPSA) is 35.2 Å². The maximum Gasteiger partial charge on any atom is 0.113 e. The molecule has 0 aromatic rings. The molecule has 80 valence electrons. The summed E-state index contributed by atoms with van der Waals surface area (Å²) in [5, 5.41) is 0. The lowest BCUT2D eigenvalue weighted by Gasteiger charge is -2.22. The first-order valence-electron chi connectivity index (χ1n) is 5.37. The van der Waals surface area contributed by atoms with Gasteiger partial charge in [-0.2, -0.15) is 0 Å². The summed E-state index contributed by atoms with van der Waals surface area (Å²) in [6, 6.07) is 0.0156. The van der Waals surface area contributed by atoms with Gasteiger partial charge in [0.15, 0.2) is 0 Å². The minimum absolute atomic E-state index is 0.0156. The third-order valence-corrected chi connectivity index (χ3v) is 2.92. The van der Waals surface area contributed by atoms with Crippen LogP contribution in [-0.2, 0) is 4.74 Å². The van der Waals surface area contributed by atoms with Gasteiger partial charge in [0.25, 0.3) is 0 Å². The van der Waals surface area contributed by atoms with Crippen LogP contribution in [0.4, 0.5) is 0 Å². The smallest absolute Gasteiger partial charge is 0.113 e. The molecule has 0 fully saturated rings. The molecule has 0 aromatic carbocycles. The molecule has 0 aromatic heterocycles. The summed E-state index contributed by atoms with van der Waals surface area (Å²) < 4.78 is 5.20. The van der Waals surface area contributed by atoms with E-state index in [1.807, 2.05) is 6.08 Å². The first-order chi connectivity index (χ1) is 7.31. The highest BCUT2D eigenvalue weighted by Gasteiger charge is 2.18. The van der Waals surface area contributed by atoms with Gasteiger partial charge in [-0.05, 0) is 36.5 Å². The van der Waals surface area contributed by atoms with Gasteiger partial charge < -0.3 is 10.5 Å². The fourth-order valence-corrected chi connectivity index (χ4v) is 2.04. The molecule has 2 heteroatoms. The van der Waals surface area contributed by atoms with Gasteiger partial charge in [0.05, 0.1) is 13.2 Å². The van der Waals surface area contributed by atoms with Crippen molar-refractivity contribution >= 4 is 0 Å². The van der Waals surface area contributed by atoms with Crippen molar-refractivity contribution in [1.29, 1.82) is 0 Å². The monoisotopic (exact) mass is 203 g/mol. The molecule has 0 aliphatic heterocycles. The van der Waals surface area contributed by atoms with Crippen LogP contribution in [0.1, 0.15) is 19.3 Å². The lowest BCUT2D eigenvalue weighted by atomic mass is 9.89. The average molecular weight is 203 g/mol. The Morgan fingerprint density at radius 1 is 1.27 bits per heavy atom. The Morgan fingerprint density at radius 2 is 2.13 bits per heavy atom. The second-order valence-corrected chi connectivity index (χ2v) is 3.93.